The van der Waals surface area contributed by atoms with Crippen LogP contribution in [0.4, 0.5) is 0 Å². The summed E-state index contributed by atoms with van der Waals surface area (Å²) >= 11 is 0. The van der Waals surface area contributed by atoms with Crippen molar-refractivity contribution in [3.63, 3.8) is 0 Å². The SMILES string of the molecule is CCCNCc1cc(CN(C)C(C)C2CC2)oc1C. The van der Waals surface area contributed by atoms with Crippen molar-refractivity contribution in [2.24, 2.45) is 5.92 Å². The Morgan fingerprint density at radius 1 is 1.47 bits per heavy atom. The van der Waals surface area contributed by atoms with E-state index < -0.39 is 0 Å². The predicted molar refractivity (Wildman–Crippen MR) is 79.1 cm³/mol. The van der Waals surface area contributed by atoms with Gasteiger partial charge in [-0.15, -0.1) is 0 Å². The largest absolute Gasteiger partial charge is 0.465 e. The van der Waals surface area contributed by atoms with Gasteiger partial charge in [0.25, 0.3) is 0 Å². The second-order valence-electron chi connectivity index (χ2n) is 5.96. The third-order valence-electron chi connectivity index (χ3n) is 4.22. The molecule has 1 aromatic rings. The molecule has 3 heteroatoms. The van der Waals surface area contributed by atoms with Crippen LogP contribution in [0.1, 0.15) is 50.2 Å². The van der Waals surface area contributed by atoms with E-state index in [1.807, 2.05) is 0 Å². The molecule has 3 nitrogen and oxygen atoms in total. The minimum Gasteiger partial charge on any atom is -0.465 e. The zero-order valence-electron chi connectivity index (χ0n) is 12.8. The van der Waals surface area contributed by atoms with Gasteiger partial charge in [-0.25, -0.2) is 0 Å². The number of hydrogen-bond donors (Lipinski definition) is 1. The van der Waals surface area contributed by atoms with Crippen LogP contribution >= 0.6 is 0 Å². The van der Waals surface area contributed by atoms with E-state index in [0.29, 0.717) is 6.04 Å². The van der Waals surface area contributed by atoms with E-state index in [-0.39, 0.29) is 0 Å². The molecule has 1 aliphatic rings. The van der Waals surface area contributed by atoms with Crippen molar-refractivity contribution in [2.45, 2.75) is 59.2 Å². The number of aryl methyl sites for hydroxylation is 1. The minimum atomic E-state index is 0.673. The van der Waals surface area contributed by atoms with Crippen molar-refractivity contribution in [1.29, 1.82) is 0 Å². The molecule has 0 aliphatic heterocycles. The van der Waals surface area contributed by atoms with E-state index in [1.165, 1.54) is 24.8 Å². The van der Waals surface area contributed by atoms with Crippen LogP contribution < -0.4 is 5.32 Å². The Morgan fingerprint density at radius 2 is 2.21 bits per heavy atom. The summed E-state index contributed by atoms with van der Waals surface area (Å²) in [6, 6.07) is 2.89. The lowest BCUT2D eigenvalue weighted by Crippen LogP contribution is -2.30. The zero-order chi connectivity index (χ0) is 13.8. The lowest BCUT2D eigenvalue weighted by molar-refractivity contribution is 0.209. The van der Waals surface area contributed by atoms with Crippen molar-refractivity contribution >= 4 is 0 Å². The monoisotopic (exact) mass is 264 g/mol. The number of rotatable bonds is 8. The second kappa shape index (κ2) is 6.58. The van der Waals surface area contributed by atoms with Gasteiger partial charge in [-0.1, -0.05) is 6.92 Å². The zero-order valence-corrected chi connectivity index (χ0v) is 12.8. The average molecular weight is 264 g/mol. The molecule has 0 radical (unpaired) electrons. The Bertz CT molecular complexity index is 395. The topological polar surface area (TPSA) is 28.4 Å². The van der Waals surface area contributed by atoms with Gasteiger partial charge in [0.2, 0.25) is 0 Å². The lowest BCUT2D eigenvalue weighted by atomic mass is 10.2. The highest BCUT2D eigenvalue weighted by atomic mass is 16.3. The number of hydrogen-bond acceptors (Lipinski definition) is 3. The minimum absolute atomic E-state index is 0.673. The Labute approximate surface area is 117 Å². The van der Waals surface area contributed by atoms with Gasteiger partial charge in [-0.2, -0.15) is 0 Å². The van der Waals surface area contributed by atoms with Gasteiger partial charge < -0.3 is 9.73 Å². The molecule has 1 aliphatic carbocycles. The van der Waals surface area contributed by atoms with Crippen molar-refractivity contribution in [1.82, 2.24) is 10.2 Å². The molecule has 0 bridgehead atoms. The van der Waals surface area contributed by atoms with Crippen LogP contribution in [0, 0.1) is 12.8 Å². The Kier molecular flexibility index (Phi) is 5.06. The summed E-state index contributed by atoms with van der Waals surface area (Å²) in [5.41, 5.74) is 1.30. The molecule has 0 spiro atoms. The molecule has 1 N–H and O–H groups in total. The normalized spacial score (nSPS) is 17.1. The molecule has 0 saturated heterocycles. The molecule has 1 atom stereocenters. The van der Waals surface area contributed by atoms with Crippen molar-refractivity contribution in [3.8, 4) is 0 Å². The third kappa shape index (κ3) is 4.08. The van der Waals surface area contributed by atoms with E-state index in [4.69, 9.17) is 4.42 Å². The van der Waals surface area contributed by atoms with E-state index in [0.717, 1.165) is 37.1 Å². The van der Waals surface area contributed by atoms with Crippen molar-refractivity contribution in [3.05, 3.63) is 23.2 Å². The van der Waals surface area contributed by atoms with Crippen LogP contribution in [0.15, 0.2) is 10.5 Å². The third-order valence-corrected chi connectivity index (χ3v) is 4.22. The van der Waals surface area contributed by atoms with Gasteiger partial charge in [0, 0.05) is 18.2 Å². The van der Waals surface area contributed by atoms with Crippen LogP contribution in [0.3, 0.4) is 0 Å². The molecule has 1 aromatic heterocycles. The fraction of sp³-hybridized carbons (Fsp3) is 0.750. The highest BCUT2D eigenvalue weighted by Crippen LogP contribution is 2.35. The van der Waals surface area contributed by atoms with Crippen molar-refractivity contribution in [2.75, 3.05) is 13.6 Å². The molecule has 1 unspecified atom stereocenters. The van der Waals surface area contributed by atoms with Crippen LogP contribution in [-0.4, -0.2) is 24.5 Å². The molecule has 1 saturated carbocycles. The molecule has 0 aromatic carbocycles. The molecule has 19 heavy (non-hydrogen) atoms. The van der Waals surface area contributed by atoms with Gasteiger partial charge in [-0.3, -0.25) is 4.90 Å². The first-order valence-electron chi connectivity index (χ1n) is 7.61. The Morgan fingerprint density at radius 3 is 2.84 bits per heavy atom. The summed E-state index contributed by atoms with van der Waals surface area (Å²) in [5, 5.41) is 3.44. The van der Waals surface area contributed by atoms with Crippen LogP contribution in [0.25, 0.3) is 0 Å². The van der Waals surface area contributed by atoms with Crippen LogP contribution in [0.2, 0.25) is 0 Å². The maximum atomic E-state index is 5.88. The Balaban J connectivity index is 1.87. The highest BCUT2D eigenvalue weighted by molar-refractivity contribution is 5.20. The molecule has 1 fully saturated rings. The molecular weight excluding hydrogens is 236 g/mol. The first-order valence-corrected chi connectivity index (χ1v) is 7.61. The maximum absolute atomic E-state index is 5.88. The summed E-state index contributed by atoms with van der Waals surface area (Å²) in [6.07, 6.45) is 3.97. The summed E-state index contributed by atoms with van der Waals surface area (Å²) in [7, 11) is 2.20. The standard InChI is InChI=1S/C16H28N2O/c1-5-8-17-10-15-9-16(19-13(15)3)11-18(4)12(2)14-6-7-14/h9,12,14,17H,5-8,10-11H2,1-4H3. The first kappa shape index (κ1) is 14.6. The van der Waals surface area contributed by atoms with E-state index in [9.17, 15) is 0 Å². The van der Waals surface area contributed by atoms with Crippen LogP contribution in [0.5, 0.6) is 0 Å². The summed E-state index contributed by atoms with van der Waals surface area (Å²) in [5.74, 6) is 3.07. The molecular formula is C16H28N2O. The van der Waals surface area contributed by atoms with E-state index >= 15 is 0 Å². The first-order chi connectivity index (χ1) is 9.11. The fourth-order valence-electron chi connectivity index (χ4n) is 2.57. The highest BCUT2D eigenvalue weighted by Gasteiger charge is 2.30. The van der Waals surface area contributed by atoms with Gasteiger partial charge in [0.1, 0.15) is 11.5 Å². The Hall–Kier alpha value is -0.800. The van der Waals surface area contributed by atoms with Gasteiger partial charge in [0.15, 0.2) is 0 Å². The molecule has 1 heterocycles. The second-order valence-corrected chi connectivity index (χ2v) is 5.96. The quantitative estimate of drug-likeness (QED) is 0.730. The van der Waals surface area contributed by atoms with Gasteiger partial charge >= 0.3 is 0 Å². The summed E-state index contributed by atoms with van der Waals surface area (Å²) in [6.45, 7) is 9.50. The van der Waals surface area contributed by atoms with Crippen molar-refractivity contribution < 1.29 is 4.42 Å². The fourth-order valence-corrected chi connectivity index (χ4v) is 2.57. The van der Waals surface area contributed by atoms with Crippen LogP contribution in [-0.2, 0) is 13.1 Å². The predicted octanol–water partition coefficient (Wildman–Crippen LogP) is 3.32. The number of furan rings is 1. The molecule has 108 valence electrons. The maximum Gasteiger partial charge on any atom is 0.118 e. The van der Waals surface area contributed by atoms with Gasteiger partial charge in [-0.05, 0) is 58.7 Å². The molecule has 2 rings (SSSR count). The smallest absolute Gasteiger partial charge is 0.118 e. The summed E-state index contributed by atoms with van der Waals surface area (Å²) in [4.78, 5) is 2.42. The average Bonchev–Trinajstić information content (AvgIpc) is 3.16. The molecule has 0 amide bonds. The van der Waals surface area contributed by atoms with E-state index in [1.54, 1.807) is 0 Å². The number of nitrogens with one attached hydrogen (secondary N) is 1. The van der Waals surface area contributed by atoms with Gasteiger partial charge in [0.05, 0.1) is 6.54 Å². The lowest BCUT2D eigenvalue weighted by Gasteiger charge is -2.23. The van der Waals surface area contributed by atoms with E-state index in [2.05, 4.69) is 44.1 Å². The number of nitrogens with zero attached hydrogens (tertiary/aromatic N) is 1. The summed E-state index contributed by atoms with van der Waals surface area (Å²) < 4.78 is 5.88.